The van der Waals surface area contributed by atoms with Crippen LogP contribution in [-0.2, 0) is 11.3 Å². The van der Waals surface area contributed by atoms with Crippen LogP contribution in [0.5, 0.6) is 0 Å². The molecule has 0 saturated carbocycles. The maximum atomic E-state index is 11.1. The highest BCUT2D eigenvalue weighted by atomic mass is 35.5. The van der Waals surface area contributed by atoms with Gasteiger partial charge in [-0.3, -0.25) is 9.48 Å². The first-order valence-electron chi connectivity index (χ1n) is 6.71. The van der Waals surface area contributed by atoms with Crippen LogP contribution < -0.4 is 4.90 Å². The summed E-state index contributed by atoms with van der Waals surface area (Å²) in [6.07, 6.45) is 3.70. The van der Waals surface area contributed by atoms with Crippen molar-refractivity contribution in [1.82, 2.24) is 9.78 Å². The summed E-state index contributed by atoms with van der Waals surface area (Å²) in [7, 11) is 0. The topological polar surface area (TPSA) is 58.4 Å². The Hall–Kier alpha value is -2.01. The summed E-state index contributed by atoms with van der Waals surface area (Å²) in [5.41, 5.74) is 1.74. The fourth-order valence-corrected chi connectivity index (χ4v) is 2.22. The number of hydrogen-bond donors (Lipinski definition) is 1. The second-order valence-corrected chi connectivity index (χ2v) is 5.59. The Kier molecular flexibility index (Phi) is 4.85. The van der Waals surface area contributed by atoms with Crippen LogP contribution in [0.15, 0.2) is 36.7 Å². The highest BCUT2D eigenvalue weighted by Crippen LogP contribution is 2.21. The Bertz CT molecular complexity index is 625. The first-order chi connectivity index (χ1) is 9.95. The molecule has 0 aliphatic carbocycles. The number of aliphatic carboxylic acids is 1. The lowest BCUT2D eigenvalue weighted by Gasteiger charge is -2.22. The molecule has 0 radical (unpaired) electrons. The largest absolute Gasteiger partial charge is 0.480 e. The van der Waals surface area contributed by atoms with Gasteiger partial charge in [0.1, 0.15) is 6.54 Å². The van der Waals surface area contributed by atoms with Gasteiger partial charge in [-0.2, -0.15) is 5.10 Å². The smallest absolute Gasteiger partial charge is 0.323 e. The SMILES string of the molecule is CC(C)n1cc(CN(CC(=O)O)c2cccc(Cl)c2)cn1. The zero-order valence-corrected chi connectivity index (χ0v) is 12.8. The predicted octanol–water partition coefficient (Wildman–Crippen LogP) is 3.21. The van der Waals surface area contributed by atoms with E-state index in [0.29, 0.717) is 11.6 Å². The number of benzene rings is 1. The van der Waals surface area contributed by atoms with Crippen LogP contribution in [0.3, 0.4) is 0 Å². The molecule has 2 aromatic rings. The summed E-state index contributed by atoms with van der Waals surface area (Å²) < 4.78 is 1.85. The quantitative estimate of drug-likeness (QED) is 0.890. The van der Waals surface area contributed by atoms with Gasteiger partial charge in [0.25, 0.3) is 0 Å². The van der Waals surface area contributed by atoms with Gasteiger partial charge in [-0.1, -0.05) is 17.7 Å². The third-order valence-electron chi connectivity index (χ3n) is 3.06. The Morgan fingerprint density at radius 1 is 1.48 bits per heavy atom. The van der Waals surface area contributed by atoms with Crippen LogP contribution in [-0.4, -0.2) is 27.4 Å². The molecular weight excluding hydrogens is 290 g/mol. The van der Waals surface area contributed by atoms with Crippen LogP contribution in [0.4, 0.5) is 5.69 Å². The minimum absolute atomic E-state index is 0.0901. The van der Waals surface area contributed by atoms with Gasteiger partial charge in [-0.25, -0.2) is 0 Å². The van der Waals surface area contributed by atoms with Gasteiger partial charge in [0.05, 0.1) is 6.20 Å². The highest BCUT2D eigenvalue weighted by molar-refractivity contribution is 6.30. The van der Waals surface area contributed by atoms with Crippen molar-refractivity contribution in [3.8, 4) is 0 Å². The van der Waals surface area contributed by atoms with Crippen LogP contribution in [0.25, 0.3) is 0 Å². The molecule has 0 bridgehead atoms. The standard InChI is InChI=1S/C15H18ClN3O2/c1-11(2)19-9-12(7-17-19)8-18(10-15(20)21)14-5-3-4-13(16)6-14/h3-7,9,11H,8,10H2,1-2H3,(H,20,21). The van der Waals surface area contributed by atoms with E-state index in [2.05, 4.69) is 5.10 Å². The van der Waals surface area contributed by atoms with Gasteiger partial charge in [0.2, 0.25) is 0 Å². The summed E-state index contributed by atoms with van der Waals surface area (Å²) in [5.74, 6) is -0.883. The average molecular weight is 308 g/mol. The molecule has 21 heavy (non-hydrogen) atoms. The van der Waals surface area contributed by atoms with E-state index in [1.54, 1.807) is 23.2 Å². The predicted molar refractivity (Wildman–Crippen MR) is 82.7 cm³/mol. The number of nitrogens with zero attached hydrogens (tertiary/aromatic N) is 3. The number of carboxylic acids is 1. The van der Waals surface area contributed by atoms with Crippen LogP contribution in [0.1, 0.15) is 25.5 Å². The first-order valence-corrected chi connectivity index (χ1v) is 7.09. The van der Waals surface area contributed by atoms with E-state index in [-0.39, 0.29) is 12.6 Å². The lowest BCUT2D eigenvalue weighted by atomic mass is 10.2. The van der Waals surface area contributed by atoms with E-state index in [4.69, 9.17) is 16.7 Å². The van der Waals surface area contributed by atoms with Crippen molar-refractivity contribution in [3.63, 3.8) is 0 Å². The van der Waals surface area contributed by atoms with Crippen molar-refractivity contribution in [2.45, 2.75) is 26.4 Å². The minimum atomic E-state index is -0.883. The molecule has 112 valence electrons. The Morgan fingerprint density at radius 2 is 2.24 bits per heavy atom. The summed E-state index contributed by atoms with van der Waals surface area (Å²) in [5, 5.41) is 14.0. The Balaban J connectivity index is 2.21. The number of halogens is 1. The van der Waals surface area contributed by atoms with Gasteiger partial charge in [-0.05, 0) is 32.0 Å². The fourth-order valence-electron chi connectivity index (χ4n) is 2.04. The van der Waals surface area contributed by atoms with Gasteiger partial charge in [-0.15, -0.1) is 0 Å². The Labute approximate surface area is 128 Å². The molecule has 1 aromatic heterocycles. The third kappa shape index (κ3) is 4.23. The molecule has 0 unspecified atom stereocenters. The van der Waals surface area contributed by atoms with Crippen molar-refractivity contribution in [3.05, 3.63) is 47.2 Å². The summed E-state index contributed by atoms with van der Waals surface area (Å²) in [6, 6.07) is 7.46. The molecule has 0 aliphatic rings. The number of rotatable bonds is 6. The van der Waals surface area contributed by atoms with E-state index in [9.17, 15) is 4.79 Å². The summed E-state index contributed by atoms with van der Waals surface area (Å²) in [6.45, 7) is 4.47. The number of anilines is 1. The maximum Gasteiger partial charge on any atom is 0.323 e. The average Bonchev–Trinajstić information content (AvgIpc) is 2.86. The van der Waals surface area contributed by atoms with Crippen molar-refractivity contribution in [2.75, 3.05) is 11.4 Å². The van der Waals surface area contributed by atoms with Crippen LogP contribution in [0.2, 0.25) is 5.02 Å². The number of carboxylic acid groups (broad SMARTS) is 1. The zero-order valence-electron chi connectivity index (χ0n) is 12.0. The van der Waals surface area contributed by atoms with Crippen molar-refractivity contribution in [2.24, 2.45) is 0 Å². The van der Waals surface area contributed by atoms with E-state index in [1.165, 1.54) is 0 Å². The second-order valence-electron chi connectivity index (χ2n) is 5.15. The van der Waals surface area contributed by atoms with Gasteiger partial charge < -0.3 is 10.0 Å². The Morgan fingerprint density at radius 3 is 2.81 bits per heavy atom. The third-order valence-corrected chi connectivity index (χ3v) is 3.29. The molecule has 1 aromatic carbocycles. The molecule has 0 atom stereocenters. The minimum Gasteiger partial charge on any atom is -0.480 e. The van der Waals surface area contributed by atoms with E-state index in [0.717, 1.165) is 11.3 Å². The van der Waals surface area contributed by atoms with Crippen LogP contribution >= 0.6 is 11.6 Å². The second kappa shape index (κ2) is 6.63. The molecule has 1 N–H and O–H groups in total. The van der Waals surface area contributed by atoms with Crippen molar-refractivity contribution in [1.29, 1.82) is 0 Å². The van der Waals surface area contributed by atoms with E-state index >= 15 is 0 Å². The molecule has 0 fully saturated rings. The lowest BCUT2D eigenvalue weighted by Crippen LogP contribution is -2.29. The maximum absolute atomic E-state index is 11.1. The summed E-state index contributed by atoms with van der Waals surface area (Å²) >= 11 is 5.98. The zero-order chi connectivity index (χ0) is 15.4. The molecule has 5 nitrogen and oxygen atoms in total. The molecule has 0 amide bonds. The van der Waals surface area contributed by atoms with E-state index in [1.807, 2.05) is 36.9 Å². The van der Waals surface area contributed by atoms with Crippen LogP contribution in [0, 0.1) is 0 Å². The normalized spacial score (nSPS) is 10.9. The molecule has 0 saturated heterocycles. The van der Waals surface area contributed by atoms with Gasteiger partial charge >= 0.3 is 5.97 Å². The van der Waals surface area contributed by atoms with Crippen molar-refractivity contribution >= 4 is 23.3 Å². The molecule has 0 spiro atoms. The monoisotopic (exact) mass is 307 g/mol. The number of hydrogen-bond acceptors (Lipinski definition) is 3. The fraction of sp³-hybridized carbons (Fsp3) is 0.333. The molecule has 6 heteroatoms. The van der Waals surface area contributed by atoms with Crippen molar-refractivity contribution < 1.29 is 9.90 Å². The van der Waals surface area contributed by atoms with Gasteiger partial charge in [0.15, 0.2) is 0 Å². The highest BCUT2D eigenvalue weighted by Gasteiger charge is 2.13. The first kappa shape index (κ1) is 15.4. The molecular formula is C15H18ClN3O2. The molecule has 2 rings (SSSR count). The van der Waals surface area contributed by atoms with Gasteiger partial charge in [0, 0.05) is 35.1 Å². The lowest BCUT2D eigenvalue weighted by molar-refractivity contribution is -0.135. The molecule has 0 aliphatic heterocycles. The number of aromatic nitrogens is 2. The summed E-state index contributed by atoms with van der Waals surface area (Å²) in [4.78, 5) is 12.8. The van der Waals surface area contributed by atoms with E-state index < -0.39 is 5.97 Å². The number of carbonyl (C=O) groups is 1. The molecule has 1 heterocycles.